The lowest BCUT2D eigenvalue weighted by Gasteiger charge is -2.13. The molecule has 0 spiro atoms. The van der Waals surface area contributed by atoms with E-state index in [1.807, 2.05) is 0 Å². The largest absolute Gasteiger partial charge is 0.481 e. The van der Waals surface area contributed by atoms with Crippen molar-refractivity contribution < 1.29 is 23.0 Å². The first-order valence-electron chi connectivity index (χ1n) is 3.71. The third-order valence-corrected chi connectivity index (χ3v) is 1.54. The van der Waals surface area contributed by atoms with Crippen LogP contribution in [-0.4, -0.2) is 23.4 Å². The summed E-state index contributed by atoms with van der Waals surface area (Å²) in [6, 6.07) is 3.81. The maximum Gasteiger partial charge on any atom is 0.420 e. The van der Waals surface area contributed by atoms with Gasteiger partial charge in [0.05, 0.1) is 12.8 Å². The molecule has 0 radical (unpaired) electrons. The average molecular weight is 207 g/mol. The molecule has 1 aromatic heterocycles. The Bertz CT molecular complexity index is 314. The summed E-state index contributed by atoms with van der Waals surface area (Å²) in [7, 11) is 1.28. The van der Waals surface area contributed by atoms with Crippen LogP contribution >= 0.6 is 0 Å². The lowest BCUT2D eigenvalue weighted by Crippen LogP contribution is -2.21. The maximum absolute atomic E-state index is 12.0. The molecule has 3 nitrogen and oxygen atoms in total. The van der Waals surface area contributed by atoms with Crippen molar-refractivity contribution in [2.75, 3.05) is 7.11 Å². The summed E-state index contributed by atoms with van der Waals surface area (Å²) >= 11 is 0. The summed E-state index contributed by atoms with van der Waals surface area (Å²) in [5.41, 5.74) is -0.475. The first-order chi connectivity index (χ1) is 6.45. The Balaban J connectivity index is 2.95. The van der Waals surface area contributed by atoms with Gasteiger partial charge in [-0.05, 0) is 6.07 Å². The van der Waals surface area contributed by atoms with Crippen LogP contribution in [0.15, 0.2) is 18.2 Å². The summed E-state index contributed by atoms with van der Waals surface area (Å²) in [6.07, 6.45) is -7.28. The minimum atomic E-state index is -4.71. The average Bonchev–Trinajstić information content (AvgIpc) is 2.15. The molecule has 1 N–H and O–H groups in total. The zero-order chi connectivity index (χ0) is 10.8. The van der Waals surface area contributed by atoms with Crippen LogP contribution < -0.4 is 4.74 Å². The molecule has 0 aliphatic heterocycles. The molecule has 1 heterocycles. The molecule has 0 aliphatic carbocycles. The second-order valence-electron chi connectivity index (χ2n) is 2.55. The Hall–Kier alpha value is -1.30. The number of rotatable bonds is 2. The van der Waals surface area contributed by atoms with Crippen molar-refractivity contribution in [2.45, 2.75) is 12.3 Å². The van der Waals surface area contributed by atoms with Gasteiger partial charge in [0.2, 0.25) is 5.88 Å². The van der Waals surface area contributed by atoms with Gasteiger partial charge >= 0.3 is 6.18 Å². The van der Waals surface area contributed by atoms with Crippen LogP contribution in [0.3, 0.4) is 0 Å². The molecule has 0 fully saturated rings. The zero-order valence-electron chi connectivity index (χ0n) is 7.25. The third kappa shape index (κ3) is 2.35. The van der Waals surface area contributed by atoms with Gasteiger partial charge in [-0.1, -0.05) is 6.07 Å². The van der Waals surface area contributed by atoms with Crippen LogP contribution in [-0.2, 0) is 0 Å². The normalized spacial score (nSPS) is 13.8. The molecule has 14 heavy (non-hydrogen) atoms. The fourth-order valence-electron chi connectivity index (χ4n) is 0.864. The van der Waals surface area contributed by atoms with E-state index in [1.165, 1.54) is 19.2 Å². The molecule has 0 aliphatic rings. The third-order valence-electron chi connectivity index (χ3n) is 1.54. The topological polar surface area (TPSA) is 42.4 Å². The van der Waals surface area contributed by atoms with E-state index in [9.17, 15) is 13.2 Å². The van der Waals surface area contributed by atoms with Crippen molar-refractivity contribution in [2.24, 2.45) is 0 Å². The highest BCUT2D eigenvalue weighted by Gasteiger charge is 2.40. The summed E-state index contributed by atoms with van der Waals surface area (Å²) in [5.74, 6) is 0.0331. The number of ether oxygens (including phenoxy) is 1. The number of aliphatic hydroxyl groups is 1. The van der Waals surface area contributed by atoms with Crippen LogP contribution in [0.4, 0.5) is 13.2 Å². The predicted octanol–water partition coefficient (Wildman–Crippen LogP) is 1.69. The van der Waals surface area contributed by atoms with Gasteiger partial charge in [0.25, 0.3) is 0 Å². The molecule has 0 aromatic carbocycles. The first-order valence-corrected chi connectivity index (χ1v) is 3.71. The summed E-state index contributed by atoms with van der Waals surface area (Å²) in [5, 5.41) is 8.83. The Morgan fingerprint density at radius 1 is 1.43 bits per heavy atom. The van der Waals surface area contributed by atoms with Crippen molar-refractivity contribution >= 4 is 0 Å². The molecule has 1 rings (SSSR count). The van der Waals surface area contributed by atoms with Crippen LogP contribution in [0.1, 0.15) is 11.8 Å². The van der Waals surface area contributed by atoms with Crippen LogP contribution in [0.5, 0.6) is 5.88 Å². The molecule has 78 valence electrons. The van der Waals surface area contributed by atoms with Crippen molar-refractivity contribution in [3.63, 3.8) is 0 Å². The second-order valence-corrected chi connectivity index (χ2v) is 2.55. The van der Waals surface area contributed by atoms with Crippen molar-refractivity contribution in [1.82, 2.24) is 4.98 Å². The van der Waals surface area contributed by atoms with Crippen LogP contribution in [0.25, 0.3) is 0 Å². The number of pyridine rings is 1. The molecule has 1 aromatic rings. The number of nitrogens with zero attached hydrogens (tertiary/aromatic N) is 1. The standard InChI is InChI=1S/C8H8F3NO2/c1-14-6-4-2-3-5(12-6)7(13)8(9,10)11/h2-4,7,13H,1H3. The SMILES string of the molecule is COc1cccc(C(O)C(F)(F)F)n1. The minimum Gasteiger partial charge on any atom is -0.481 e. The number of hydrogen-bond donors (Lipinski definition) is 1. The fourth-order valence-corrected chi connectivity index (χ4v) is 0.864. The highest BCUT2D eigenvalue weighted by atomic mass is 19.4. The van der Waals surface area contributed by atoms with E-state index >= 15 is 0 Å². The van der Waals surface area contributed by atoms with E-state index in [4.69, 9.17) is 5.11 Å². The number of methoxy groups -OCH3 is 1. The van der Waals surface area contributed by atoms with E-state index in [0.29, 0.717) is 0 Å². The smallest absolute Gasteiger partial charge is 0.420 e. The summed E-state index contributed by atoms with van der Waals surface area (Å²) in [4.78, 5) is 3.47. The monoisotopic (exact) mass is 207 g/mol. The summed E-state index contributed by atoms with van der Waals surface area (Å²) in [6.45, 7) is 0. The summed E-state index contributed by atoms with van der Waals surface area (Å²) < 4.78 is 40.7. The van der Waals surface area contributed by atoms with E-state index in [0.717, 1.165) is 6.07 Å². The molecular weight excluding hydrogens is 199 g/mol. The van der Waals surface area contributed by atoms with Crippen LogP contribution in [0.2, 0.25) is 0 Å². The van der Waals surface area contributed by atoms with Gasteiger partial charge in [-0.25, -0.2) is 4.98 Å². The highest BCUT2D eigenvalue weighted by molar-refractivity contribution is 5.17. The molecule has 1 atom stereocenters. The Kier molecular flexibility index (Phi) is 2.95. The number of halogens is 3. The highest BCUT2D eigenvalue weighted by Crippen LogP contribution is 2.31. The Morgan fingerprint density at radius 2 is 2.07 bits per heavy atom. The molecule has 0 amide bonds. The molecular formula is C8H8F3NO2. The van der Waals surface area contributed by atoms with E-state index in [-0.39, 0.29) is 5.88 Å². The van der Waals surface area contributed by atoms with Crippen LogP contribution in [0, 0.1) is 0 Å². The van der Waals surface area contributed by atoms with E-state index < -0.39 is 18.0 Å². The lowest BCUT2D eigenvalue weighted by atomic mass is 10.2. The molecule has 6 heteroatoms. The number of aromatic nitrogens is 1. The van der Waals surface area contributed by atoms with Gasteiger partial charge in [0, 0.05) is 6.07 Å². The van der Waals surface area contributed by atoms with Gasteiger partial charge in [-0.2, -0.15) is 13.2 Å². The number of aliphatic hydroxyl groups excluding tert-OH is 1. The molecule has 0 bridgehead atoms. The van der Waals surface area contributed by atoms with Crippen molar-refractivity contribution in [3.05, 3.63) is 23.9 Å². The quantitative estimate of drug-likeness (QED) is 0.802. The second kappa shape index (κ2) is 3.83. The molecule has 0 saturated heterocycles. The van der Waals surface area contributed by atoms with Gasteiger partial charge in [-0.15, -0.1) is 0 Å². The van der Waals surface area contributed by atoms with Gasteiger partial charge in [0.15, 0.2) is 6.10 Å². The zero-order valence-corrected chi connectivity index (χ0v) is 7.25. The number of hydrogen-bond acceptors (Lipinski definition) is 3. The lowest BCUT2D eigenvalue weighted by molar-refractivity contribution is -0.208. The molecule has 0 saturated carbocycles. The van der Waals surface area contributed by atoms with Gasteiger partial charge in [0.1, 0.15) is 0 Å². The number of alkyl halides is 3. The Labute approximate surface area is 78.2 Å². The van der Waals surface area contributed by atoms with Gasteiger partial charge in [-0.3, -0.25) is 0 Å². The Morgan fingerprint density at radius 3 is 2.57 bits per heavy atom. The maximum atomic E-state index is 12.0. The molecule has 1 unspecified atom stereocenters. The van der Waals surface area contributed by atoms with Crippen molar-refractivity contribution in [1.29, 1.82) is 0 Å². The minimum absolute atomic E-state index is 0.0331. The van der Waals surface area contributed by atoms with E-state index in [1.54, 1.807) is 0 Å². The fraction of sp³-hybridized carbons (Fsp3) is 0.375. The van der Waals surface area contributed by atoms with Crippen molar-refractivity contribution in [3.8, 4) is 5.88 Å². The van der Waals surface area contributed by atoms with Gasteiger partial charge < -0.3 is 9.84 Å². The predicted molar refractivity (Wildman–Crippen MR) is 41.8 cm³/mol. The van der Waals surface area contributed by atoms with E-state index in [2.05, 4.69) is 9.72 Å². The first kappa shape index (κ1) is 10.8.